The van der Waals surface area contributed by atoms with Gasteiger partial charge in [-0.3, -0.25) is 4.90 Å². The number of aromatic amines is 1. The lowest BCUT2D eigenvalue weighted by Crippen LogP contribution is -2.39. The molecule has 26 heavy (non-hydrogen) atoms. The molecule has 1 aliphatic rings. The fraction of sp³-hybridized carbons (Fsp3) is 0.250. The van der Waals surface area contributed by atoms with Crippen molar-refractivity contribution in [3.8, 4) is 11.3 Å². The van der Waals surface area contributed by atoms with Crippen molar-refractivity contribution in [2.75, 3.05) is 19.8 Å². The molecule has 1 unspecified atom stereocenters. The summed E-state index contributed by atoms with van der Waals surface area (Å²) >= 11 is 0. The van der Waals surface area contributed by atoms with Gasteiger partial charge in [0, 0.05) is 24.7 Å². The Balaban J connectivity index is 1.58. The Morgan fingerprint density at radius 1 is 1.15 bits per heavy atom. The highest BCUT2D eigenvalue weighted by molar-refractivity contribution is 5.59. The number of ether oxygens (including phenoxy) is 1. The van der Waals surface area contributed by atoms with Crippen LogP contribution in [0.25, 0.3) is 11.3 Å². The van der Waals surface area contributed by atoms with E-state index in [1.165, 1.54) is 17.7 Å². The van der Waals surface area contributed by atoms with E-state index in [1.54, 1.807) is 6.20 Å². The molecule has 3 aromatic rings. The predicted octanol–water partition coefficient (Wildman–Crippen LogP) is 3.93. The number of morpholine rings is 1. The molecule has 0 aliphatic carbocycles. The Bertz CT molecular complexity index is 882. The fourth-order valence-corrected chi connectivity index (χ4v) is 3.25. The van der Waals surface area contributed by atoms with Crippen LogP contribution in [0.15, 0.2) is 54.7 Å². The van der Waals surface area contributed by atoms with Crippen LogP contribution in [0, 0.1) is 11.6 Å². The monoisotopic (exact) mass is 355 g/mol. The molecule has 1 aromatic heterocycles. The zero-order chi connectivity index (χ0) is 17.9. The van der Waals surface area contributed by atoms with Crippen LogP contribution in [0.3, 0.4) is 0 Å². The van der Waals surface area contributed by atoms with Gasteiger partial charge >= 0.3 is 0 Å². The maximum absolute atomic E-state index is 14.0. The van der Waals surface area contributed by atoms with Crippen LogP contribution in [0.5, 0.6) is 0 Å². The first-order valence-electron chi connectivity index (χ1n) is 8.57. The number of rotatable bonds is 4. The van der Waals surface area contributed by atoms with Gasteiger partial charge in [0.25, 0.3) is 0 Å². The summed E-state index contributed by atoms with van der Waals surface area (Å²) < 4.78 is 32.8. The zero-order valence-corrected chi connectivity index (χ0v) is 14.2. The first-order chi connectivity index (χ1) is 12.7. The lowest BCUT2D eigenvalue weighted by atomic mass is 10.1. The topological polar surface area (TPSA) is 41.1 Å². The number of halogens is 2. The van der Waals surface area contributed by atoms with Crippen molar-refractivity contribution < 1.29 is 13.5 Å². The van der Waals surface area contributed by atoms with Gasteiger partial charge in [-0.25, -0.2) is 13.8 Å². The predicted molar refractivity (Wildman–Crippen MR) is 94.4 cm³/mol. The molecule has 6 heteroatoms. The quantitative estimate of drug-likeness (QED) is 0.771. The third-order valence-corrected chi connectivity index (χ3v) is 4.60. The van der Waals surface area contributed by atoms with Gasteiger partial charge in [-0.1, -0.05) is 30.3 Å². The van der Waals surface area contributed by atoms with Gasteiger partial charge in [0.05, 0.1) is 31.1 Å². The first-order valence-corrected chi connectivity index (χ1v) is 8.57. The van der Waals surface area contributed by atoms with Crippen molar-refractivity contribution in [2.24, 2.45) is 0 Å². The number of imidazole rings is 1. The molecule has 2 heterocycles. The third kappa shape index (κ3) is 3.52. The van der Waals surface area contributed by atoms with Crippen LogP contribution in [-0.4, -0.2) is 34.6 Å². The highest BCUT2D eigenvalue weighted by Crippen LogP contribution is 2.27. The standard InChI is InChI=1S/C20H19F2N3O/c21-15-6-7-16(17(22)10-15)18-11-23-20(24-18)19-13-26-9-8-25(19)12-14-4-2-1-3-5-14/h1-7,10-11,19H,8-9,12-13H2,(H,23,24). The summed E-state index contributed by atoms with van der Waals surface area (Å²) in [7, 11) is 0. The molecule has 0 spiro atoms. The molecule has 1 saturated heterocycles. The molecule has 0 bridgehead atoms. The fourth-order valence-electron chi connectivity index (χ4n) is 3.25. The van der Waals surface area contributed by atoms with Gasteiger partial charge in [-0.15, -0.1) is 0 Å². The maximum atomic E-state index is 14.0. The van der Waals surface area contributed by atoms with Crippen molar-refractivity contribution >= 4 is 0 Å². The van der Waals surface area contributed by atoms with E-state index in [0.717, 1.165) is 25.0 Å². The van der Waals surface area contributed by atoms with Crippen molar-refractivity contribution in [1.82, 2.24) is 14.9 Å². The minimum Gasteiger partial charge on any atom is -0.378 e. The van der Waals surface area contributed by atoms with Crippen molar-refractivity contribution in [1.29, 1.82) is 0 Å². The van der Waals surface area contributed by atoms with Crippen molar-refractivity contribution in [3.63, 3.8) is 0 Å². The summed E-state index contributed by atoms with van der Waals surface area (Å²) in [5.74, 6) is -0.485. The summed E-state index contributed by atoms with van der Waals surface area (Å²) in [6, 6.07) is 13.7. The summed E-state index contributed by atoms with van der Waals surface area (Å²) in [5, 5.41) is 0. The van der Waals surface area contributed by atoms with E-state index in [2.05, 4.69) is 27.0 Å². The van der Waals surface area contributed by atoms with E-state index in [0.29, 0.717) is 24.5 Å². The van der Waals surface area contributed by atoms with Gasteiger partial charge in [-0.05, 0) is 17.7 Å². The number of benzene rings is 2. The molecule has 0 amide bonds. The van der Waals surface area contributed by atoms with E-state index in [-0.39, 0.29) is 6.04 Å². The summed E-state index contributed by atoms with van der Waals surface area (Å²) in [5.41, 5.74) is 2.05. The minimum absolute atomic E-state index is 0.0405. The molecule has 4 rings (SSSR count). The normalized spacial score (nSPS) is 18.2. The van der Waals surface area contributed by atoms with E-state index in [1.807, 2.05) is 18.2 Å². The summed E-state index contributed by atoms with van der Waals surface area (Å²) in [6.07, 6.45) is 1.58. The van der Waals surface area contributed by atoms with Crippen LogP contribution in [0.1, 0.15) is 17.4 Å². The van der Waals surface area contributed by atoms with Crippen LogP contribution in [0.4, 0.5) is 8.78 Å². The Hall–Kier alpha value is -2.57. The van der Waals surface area contributed by atoms with Crippen LogP contribution < -0.4 is 0 Å². The number of nitrogens with zero attached hydrogens (tertiary/aromatic N) is 2. The molecule has 1 fully saturated rings. The van der Waals surface area contributed by atoms with Crippen LogP contribution in [0.2, 0.25) is 0 Å². The number of aromatic nitrogens is 2. The second-order valence-corrected chi connectivity index (χ2v) is 6.35. The minimum atomic E-state index is -0.610. The molecule has 2 aromatic carbocycles. The van der Waals surface area contributed by atoms with Crippen LogP contribution >= 0.6 is 0 Å². The largest absolute Gasteiger partial charge is 0.378 e. The SMILES string of the molecule is Fc1ccc(-c2cnc(C3COCCN3Cc3ccccc3)[nH]2)c(F)c1. The van der Waals surface area contributed by atoms with Gasteiger partial charge in [-0.2, -0.15) is 0 Å². The van der Waals surface area contributed by atoms with Crippen molar-refractivity contribution in [2.45, 2.75) is 12.6 Å². The van der Waals surface area contributed by atoms with Gasteiger partial charge in [0.2, 0.25) is 0 Å². The van der Waals surface area contributed by atoms with E-state index >= 15 is 0 Å². The van der Waals surface area contributed by atoms with Crippen molar-refractivity contribution in [3.05, 3.63) is 77.8 Å². The van der Waals surface area contributed by atoms with E-state index in [9.17, 15) is 8.78 Å². The maximum Gasteiger partial charge on any atom is 0.135 e. The molecule has 0 radical (unpaired) electrons. The van der Waals surface area contributed by atoms with Crippen LogP contribution in [-0.2, 0) is 11.3 Å². The number of hydrogen-bond donors (Lipinski definition) is 1. The highest BCUT2D eigenvalue weighted by atomic mass is 19.1. The third-order valence-electron chi connectivity index (χ3n) is 4.60. The lowest BCUT2D eigenvalue weighted by Gasteiger charge is -2.34. The number of nitrogens with one attached hydrogen (secondary N) is 1. The van der Waals surface area contributed by atoms with Gasteiger partial charge < -0.3 is 9.72 Å². The summed E-state index contributed by atoms with van der Waals surface area (Å²) in [6.45, 7) is 2.77. The molecular weight excluding hydrogens is 336 g/mol. The molecule has 1 N–H and O–H groups in total. The molecule has 1 aliphatic heterocycles. The number of hydrogen-bond acceptors (Lipinski definition) is 3. The molecular formula is C20H19F2N3O. The Kier molecular flexibility index (Phi) is 4.77. The summed E-state index contributed by atoms with van der Waals surface area (Å²) in [4.78, 5) is 9.91. The first kappa shape index (κ1) is 16.9. The average molecular weight is 355 g/mol. The average Bonchev–Trinajstić information content (AvgIpc) is 3.13. The molecule has 1 atom stereocenters. The molecule has 0 saturated carbocycles. The zero-order valence-electron chi connectivity index (χ0n) is 14.2. The Labute approximate surface area is 150 Å². The molecule has 134 valence electrons. The van der Waals surface area contributed by atoms with E-state index in [4.69, 9.17) is 4.74 Å². The van der Waals surface area contributed by atoms with E-state index < -0.39 is 11.6 Å². The molecule has 4 nitrogen and oxygen atoms in total. The smallest absolute Gasteiger partial charge is 0.135 e. The highest BCUT2D eigenvalue weighted by Gasteiger charge is 2.27. The lowest BCUT2D eigenvalue weighted by molar-refractivity contribution is -0.0156. The Morgan fingerprint density at radius 3 is 2.81 bits per heavy atom. The second-order valence-electron chi connectivity index (χ2n) is 6.35. The van der Waals surface area contributed by atoms with Gasteiger partial charge in [0.1, 0.15) is 17.5 Å². The Morgan fingerprint density at radius 2 is 2.00 bits per heavy atom. The number of H-pyrrole nitrogens is 1. The second kappa shape index (κ2) is 7.35. The van der Waals surface area contributed by atoms with Gasteiger partial charge in [0.15, 0.2) is 0 Å².